The molecule has 1 aromatic carbocycles. The first-order valence-electron chi connectivity index (χ1n) is 5.50. The van der Waals surface area contributed by atoms with E-state index in [2.05, 4.69) is 15.3 Å². The van der Waals surface area contributed by atoms with E-state index >= 15 is 0 Å². The molecule has 0 spiro atoms. The molecule has 0 bridgehead atoms. The highest BCUT2D eigenvalue weighted by atomic mass is 35.5. The molecule has 0 saturated carbocycles. The highest BCUT2D eigenvalue weighted by Gasteiger charge is 2.06. The predicted molar refractivity (Wildman–Crippen MR) is 77.6 cm³/mol. The Hall–Kier alpha value is -1.66. The van der Waals surface area contributed by atoms with Gasteiger partial charge in [-0.15, -0.1) is 0 Å². The number of halogens is 1. The lowest BCUT2D eigenvalue weighted by molar-refractivity contribution is 0.687. The van der Waals surface area contributed by atoms with E-state index in [-0.39, 0.29) is 5.82 Å². The molecular formula is C12H13ClN4OS. The number of nitrogens with zero attached hydrogens (tertiary/aromatic N) is 2. The summed E-state index contributed by atoms with van der Waals surface area (Å²) in [6.07, 6.45) is 3.00. The van der Waals surface area contributed by atoms with Crippen LogP contribution in [0.2, 0.25) is 5.02 Å². The van der Waals surface area contributed by atoms with Crippen LogP contribution >= 0.6 is 11.6 Å². The number of hydrogen-bond donors (Lipinski definition) is 2. The van der Waals surface area contributed by atoms with Crippen LogP contribution in [0.3, 0.4) is 0 Å². The second-order valence-electron chi connectivity index (χ2n) is 3.87. The van der Waals surface area contributed by atoms with E-state index in [1.165, 1.54) is 6.33 Å². The quantitative estimate of drug-likeness (QED) is 0.902. The van der Waals surface area contributed by atoms with E-state index in [0.717, 1.165) is 10.5 Å². The number of nitrogens with two attached hydrogens (primary N) is 1. The van der Waals surface area contributed by atoms with Gasteiger partial charge in [-0.25, -0.2) is 9.97 Å². The van der Waals surface area contributed by atoms with Crippen molar-refractivity contribution in [2.24, 2.45) is 0 Å². The van der Waals surface area contributed by atoms with E-state index < -0.39 is 10.8 Å². The summed E-state index contributed by atoms with van der Waals surface area (Å²) in [5.41, 5.74) is 6.62. The molecule has 2 aromatic rings. The van der Waals surface area contributed by atoms with Gasteiger partial charge in [0.25, 0.3) is 0 Å². The number of anilines is 2. The average molecular weight is 297 g/mol. The van der Waals surface area contributed by atoms with Gasteiger partial charge in [0.1, 0.15) is 17.2 Å². The monoisotopic (exact) mass is 296 g/mol. The average Bonchev–Trinajstić information content (AvgIpc) is 2.41. The second kappa shape index (κ2) is 5.99. The Balaban J connectivity index is 2.06. The van der Waals surface area contributed by atoms with Gasteiger partial charge in [-0.1, -0.05) is 23.7 Å². The Kier molecular flexibility index (Phi) is 4.34. The zero-order valence-electron chi connectivity index (χ0n) is 10.3. The molecule has 0 saturated heterocycles. The van der Waals surface area contributed by atoms with Crippen molar-refractivity contribution in [2.75, 3.05) is 17.3 Å². The van der Waals surface area contributed by atoms with Gasteiger partial charge < -0.3 is 11.1 Å². The molecule has 3 N–H and O–H groups in total. The second-order valence-corrected chi connectivity index (χ2v) is 5.63. The fourth-order valence-corrected chi connectivity index (χ4v) is 2.18. The van der Waals surface area contributed by atoms with Crippen LogP contribution in [-0.2, 0) is 17.3 Å². The molecule has 0 radical (unpaired) electrons. The molecular weight excluding hydrogens is 284 g/mol. The van der Waals surface area contributed by atoms with Crippen LogP contribution in [0.15, 0.2) is 35.5 Å². The first-order chi connectivity index (χ1) is 9.08. The van der Waals surface area contributed by atoms with E-state index in [4.69, 9.17) is 17.3 Å². The fourth-order valence-electron chi connectivity index (χ4n) is 1.49. The van der Waals surface area contributed by atoms with E-state index in [0.29, 0.717) is 17.4 Å². The molecule has 19 heavy (non-hydrogen) atoms. The topological polar surface area (TPSA) is 80.9 Å². The number of aromatic nitrogens is 2. The summed E-state index contributed by atoms with van der Waals surface area (Å²) in [5.74, 6) is 0.744. The Morgan fingerprint density at radius 1 is 1.32 bits per heavy atom. The molecule has 0 aliphatic heterocycles. The molecule has 5 nitrogen and oxygen atoms in total. The van der Waals surface area contributed by atoms with Crippen LogP contribution in [0.1, 0.15) is 5.56 Å². The molecule has 1 aromatic heterocycles. The van der Waals surface area contributed by atoms with Crippen LogP contribution in [0.25, 0.3) is 0 Å². The maximum absolute atomic E-state index is 11.3. The Morgan fingerprint density at radius 2 is 2.00 bits per heavy atom. The van der Waals surface area contributed by atoms with E-state index in [9.17, 15) is 4.21 Å². The summed E-state index contributed by atoms with van der Waals surface area (Å²) < 4.78 is 11.3. The number of nitrogen functional groups attached to an aromatic ring is 1. The molecule has 0 fully saturated rings. The van der Waals surface area contributed by atoms with Crippen molar-refractivity contribution in [1.29, 1.82) is 0 Å². The predicted octanol–water partition coefficient (Wildman–Crippen LogP) is 2.06. The minimum absolute atomic E-state index is 0.246. The smallest absolute Gasteiger partial charge is 0.150 e. The maximum atomic E-state index is 11.3. The summed E-state index contributed by atoms with van der Waals surface area (Å²) >= 11 is 5.97. The van der Waals surface area contributed by atoms with E-state index in [1.54, 1.807) is 6.26 Å². The van der Waals surface area contributed by atoms with Gasteiger partial charge in [-0.05, 0) is 17.7 Å². The van der Waals surface area contributed by atoms with Crippen molar-refractivity contribution in [1.82, 2.24) is 9.97 Å². The van der Waals surface area contributed by atoms with Gasteiger partial charge in [0.2, 0.25) is 0 Å². The normalized spacial score (nSPS) is 12.1. The lowest BCUT2D eigenvalue weighted by Gasteiger charge is -2.08. The fraction of sp³-hybridized carbons (Fsp3) is 0.167. The Labute approximate surface area is 118 Å². The zero-order chi connectivity index (χ0) is 13.8. The standard InChI is InChI=1S/C12H13ClN4OS/c1-19(18)9-4-2-8(3-5-9)6-15-12-10(13)11(14)16-7-17-12/h2-5,7H,6H2,1H3,(H3,14,15,16,17). The molecule has 1 unspecified atom stereocenters. The first kappa shape index (κ1) is 13.8. The molecule has 0 aliphatic carbocycles. The third-order valence-corrected chi connectivity index (χ3v) is 3.84. The highest BCUT2D eigenvalue weighted by Crippen LogP contribution is 2.23. The summed E-state index contributed by atoms with van der Waals surface area (Å²) in [4.78, 5) is 8.60. The van der Waals surface area contributed by atoms with Crippen molar-refractivity contribution < 1.29 is 4.21 Å². The van der Waals surface area contributed by atoms with Crippen molar-refractivity contribution >= 4 is 34.0 Å². The third-order valence-electron chi connectivity index (χ3n) is 2.53. The molecule has 1 atom stereocenters. The highest BCUT2D eigenvalue weighted by molar-refractivity contribution is 7.84. The Morgan fingerprint density at radius 3 is 2.63 bits per heavy atom. The Bertz CT molecular complexity index is 603. The number of rotatable bonds is 4. The van der Waals surface area contributed by atoms with Crippen LogP contribution in [0.5, 0.6) is 0 Å². The molecule has 7 heteroatoms. The van der Waals surface area contributed by atoms with Crippen molar-refractivity contribution in [3.8, 4) is 0 Å². The first-order valence-corrected chi connectivity index (χ1v) is 7.43. The zero-order valence-corrected chi connectivity index (χ0v) is 11.8. The number of hydrogen-bond acceptors (Lipinski definition) is 5. The minimum atomic E-state index is -0.963. The molecule has 100 valence electrons. The van der Waals surface area contributed by atoms with Gasteiger partial charge in [0.05, 0.1) is 0 Å². The van der Waals surface area contributed by atoms with Gasteiger partial charge in [0.15, 0.2) is 5.82 Å². The van der Waals surface area contributed by atoms with Gasteiger partial charge >= 0.3 is 0 Å². The van der Waals surface area contributed by atoms with Crippen molar-refractivity contribution in [2.45, 2.75) is 11.4 Å². The summed E-state index contributed by atoms with van der Waals surface area (Å²) in [6.45, 7) is 0.548. The molecule has 0 aliphatic rings. The summed E-state index contributed by atoms with van der Waals surface area (Å²) in [5, 5.41) is 3.39. The minimum Gasteiger partial charge on any atom is -0.382 e. The van der Waals surface area contributed by atoms with Crippen LogP contribution in [0.4, 0.5) is 11.6 Å². The lowest BCUT2D eigenvalue weighted by Crippen LogP contribution is -2.04. The van der Waals surface area contributed by atoms with Crippen LogP contribution < -0.4 is 11.1 Å². The van der Waals surface area contributed by atoms with E-state index in [1.807, 2.05) is 24.3 Å². The van der Waals surface area contributed by atoms with Crippen LogP contribution in [-0.4, -0.2) is 20.4 Å². The SMILES string of the molecule is CS(=O)c1ccc(CNc2ncnc(N)c2Cl)cc1. The summed E-state index contributed by atoms with van der Waals surface area (Å²) in [7, 11) is -0.963. The summed E-state index contributed by atoms with van der Waals surface area (Å²) in [6, 6.07) is 7.48. The largest absolute Gasteiger partial charge is 0.382 e. The number of nitrogens with one attached hydrogen (secondary N) is 1. The molecule has 2 rings (SSSR count). The lowest BCUT2D eigenvalue weighted by atomic mass is 10.2. The number of benzene rings is 1. The van der Waals surface area contributed by atoms with Gasteiger partial charge in [-0.2, -0.15) is 0 Å². The van der Waals surface area contributed by atoms with Gasteiger partial charge in [0, 0.05) is 28.5 Å². The third kappa shape index (κ3) is 3.42. The van der Waals surface area contributed by atoms with Crippen molar-refractivity contribution in [3.05, 3.63) is 41.2 Å². The molecule has 1 heterocycles. The van der Waals surface area contributed by atoms with Crippen LogP contribution in [0, 0.1) is 0 Å². The maximum Gasteiger partial charge on any atom is 0.150 e. The van der Waals surface area contributed by atoms with Crippen molar-refractivity contribution in [3.63, 3.8) is 0 Å². The van der Waals surface area contributed by atoms with Gasteiger partial charge in [-0.3, -0.25) is 4.21 Å². The molecule has 0 amide bonds.